The predicted molar refractivity (Wildman–Crippen MR) is 141 cm³/mol. The van der Waals surface area contributed by atoms with Crippen molar-refractivity contribution in [1.29, 1.82) is 0 Å². The molecule has 0 radical (unpaired) electrons. The highest BCUT2D eigenvalue weighted by Crippen LogP contribution is 2.33. The van der Waals surface area contributed by atoms with Gasteiger partial charge in [-0.25, -0.2) is 4.98 Å². The van der Waals surface area contributed by atoms with Gasteiger partial charge >= 0.3 is 6.18 Å². The van der Waals surface area contributed by atoms with Gasteiger partial charge in [0.25, 0.3) is 5.91 Å². The fourth-order valence-electron chi connectivity index (χ4n) is 4.47. The molecular weight excluding hydrogens is 509 g/mol. The molecular formula is C29H25F3N4O3. The van der Waals surface area contributed by atoms with Gasteiger partial charge in [0.05, 0.1) is 5.56 Å². The van der Waals surface area contributed by atoms with Crippen molar-refractivity contribution in [3.8, 4) is 22.8 Å². The molecule has 5 rings (SSSR count). The topological polar surface area (TPSA) is 78.7 Å². The van der Waals surface area contributed by atoms with Crippen molar-refractivity contribution in [1.82, 2.24) is 9.88 Å². The standard InChI is InChI=1S/C29H25F3N4O3/c1-19(37)33-23-12-10-20(11-13-23)26-25(34-27(39-26)21-6-3-2-4-7-21)28(38)36-16-14-35(15-17-36)24-9-5-8-22(18-24)29(30,31)32/h2-13,18H,14-17H2,1H3,(H,33,37). The number of carbonyl (C=O) groups excluding carboxylic acids is 2. The Morgan fingerprint density at radius 1 is 0.872 bits per heavy atom. The van der Waals surface area contributed by atoms with Crippen LogP contribution in [0.5, 0.6) is 0 Å². The highest BCUT2D eigenvalue weighted by Gasteiger charge is 2.32. The minimum atomic E-state index is -4.42. The third kappa shape index (κ3) is 5.79. The van der Waals surface area contributed by atoms with Gasteiger partial charge in [-0.05, 0) is 54.6 Å². The van der Waals surface area contributed by atoms with Gasteiger partial charge in [0, 0.05) is 55.6 Å². The van der Waals surface area contributed by atoms with Crippen molar-refractivity contribution in [3.63, 3.8) is 0 Å². The van der Waals surface area contributed by atoms with Crippen LogP contribution in [0.3, 0.4) is 0 Å². The summed E-state index contributed by atoms with van der Waals surface area (Å²) in [7, 11) is 0. The SMILES string of the molecule is CC(=O)Nc1ccc(-c2oc(-c3ccccc3)nc2C(=O)N2CCN(c3cccc(C(F)(F)F)c3)CC2)cc1. The first kappa shape index (κ1) is 26.0. The lowest BCUT2D eigenvalue weighted by Crippen LogP contribution is -2.49. The lowest BCUT2D eigenvalue weighted by atomic mass is 10.1. The van der Waals surface area contributed by atoms with Crippen LogP contribution in [0.2, 0.25) is 0 Å². The molecule has 0 unspecified atom stereocenters. The zero-order valence-electron chi connectivity index (χ0n) is 21.0. The van der Waals surface area contributed by atoms with Gasteiger partial charge in [0.1, 0.15) is 0 Å². The maximum absolute atomic E-state index is 13.7. The number of rotatable bonds is 5. The van der Waals surface area contributed by atoms with Crippen LogP contribution in [0.25, 0.3) is 22.8 Å². The number of amides is 2. The minimum absolute atomic E-state index is 0.147. The van der Waals surface area contributed by atoms with E-state index in [-0.39, 0.29) is 17.5 Å². The van der Waals surface area contributed by atoms with E-state index in [0.717, 1.165) is 12.1 Å². The second-order valence-corrected chi connectivity index (χ2v) is 9.15. The molecule has 2 amide bonds. The summed E-state index contributed by atoms with van der Waals surface area (Å²) in [5.74, 6) is 0.0653. The first-order valence-corrected chi connectivity index (χ1v) is 12.3. The number of hydrogen-bond acceptors (Lipinski definition) is 5. The summed E-state index contributed by atoms with van der Waals surface area (Å²) < 4.78 is 45.6. The van der Waals surface area contributed by atoms with Gasteiger partial charge in [-0.15, -0.1) is 0 Å². The van der Waals surface area contributed by atoms with E-state index in [0.29, 0.717) is 60.3 Å². The van der Waals surface area contributed by atoms with Gasteiger partial charge in [-0.2, -0.15) is 13.2 Å². The van der Waals surface area contributed by atoms with E-state index in [1.165, 1.54) is 13.0 Å². The molecule has 200 valence electrons. The maximum Gasteiger partial charge on any atom is 0.416 e. The number of benzene rings is 3. The normalized spacial score (nSPS) is 13.8. The van der Waals surface area contributed by atoms with Gasteiger partial charge in [0.15, 0.2) is 11.5 Å². The Hall–Kier alpha value is -4.60. The molecule has 0 bridgehead atoms. The summed E-state index contributed by atoms with van der Waals surface area (Å²) in [6.07, 6.45) is -4.42. The van der Waals surface area contributed by atoms with Crippen LogP contribution in [0.1, 0.15) is 23.0 Å². The number of carbonyl (C=O) groups is 2. The van der Waals surface area contributed by atoms with Crippen LogP contribution in [0.15, 0.2) is 83.3 Å². The van der Waals surface area contributed by atoms with Crippen molar-refractivity contribution in [3.05, 3.63) is 90.1 Å². The van der Waals surface area contributed by atoms with Crippen LogP contribution in [-0.2, 0) is 11.0 Å². The molecule has 1 saturated heterocycles. The highest BCUT2D eigenvalue weighted by atomic mass is 19.4. The van der Waals surface area contributed by atoms with Gasteiger partial charge in [-0.1, -0.05) is 24.3 Å². The number of halogens is 3. The number of piperazine rings is 1. The lowest BCUT2D eigenvalue weighted by molar-refractivity contribution is -0.137. The molecule has 39 heavy (non-hydrogen) atoms. The third-order valence-corrected chi connectivity index (χ3v) is 6.42. The Kier molecular flexibility index (Phi) is 7.10. The number of nitrogens with one attached hydrogen (secondary N) is 1. The molecule has 1 aromatic heterocycles. The molecule has 10 heteroatoms. The van der Waals surface area contributed by atoms with E-state index in [9.17, 15) is 22.8 Å². The number of anilines is 2. The molecule has 7 nitrogen and oxygen atoms in total. The van der Waals surface area contributed by atoms with Crippen molar-refractivity contribution in [2.24, 2.45) is 0 Å². The molecule has 1 aliphatic heterocycles. The van der Waals surface area contributed by atoms with Gasteiger partial charge < -0.3 is 19.5 Å². The molecule has 1 N–H and O–H groups in total. The van der Waals surface area contributed by atoms with Crippen molar-refractivity contribution in [2.75, 3.05) is 36.4 Å². The fourth-order valence-corrected chi connectivity index (χ4v) is 4.47. The second kappa shape index (κ2) is 10.6. The molecule has 3 aromatic carbocycles. The molecule has 0 aliphatic carbocycles. The molecule has 0 saturated carbocycles. The lowest BCUT2D eigenvalue weighted by Gasteiger charge is -2.36. The average Bonchev–Trinajstić information content (AvgIpc) is 3.38. The van der Waals surface area contributed by atoms with Crippen LogP contribution in [0.4, 0.5) is 24.5 Å². The van der Waals surface area contributed by atoms with Crippen LogP contribution in [-0.4, -0.2) is 47.9 Å². The van der Waals surface area contributed by atoms with Gasteiger partial charge in [0.2, 0.25) is 11.8 Å². The molecule has 0 spiro atoms. The molecule has 1 fully saturated rings. The molecule has 0 atom stereocenters. The number of oxazole rings is 1. The summed E-state index contributed by atoms with van der Waals surface area (Å²) in [6.45, 7) is 2.78. The largest absolute Gasteiger partial charge is 0.435 e. The van der Waals surface area contributed by atoms with E-state index in [2.05, 4.69) is 10.3 Å². The summed E-state index contributed by atoms with van der Waals surface area (Å²) >= 11 is 0. The van der Waals surface area contributed by atoms with Crippen LogP contribution >= 0.6 is 0 Å². The predicted octanol–water partition coefficient (Wildman–Crippen LogP) is 5.95. The Morgan fingerprint density at radius 2 is 1.56 bits per heavy atom. The van der Waals surface area contributed by atoms with E-state index >= 15 is 0 Å². The fraction of sp³-hybridized carbons (Fsp3) is 0.207. The Balaban J connectivity index is 1.39. The first-order chi connectivity index (χ1) is 18.7. The monoisotopic (exact) mass is 534 g/mol. The average molecular weight is 535 g/mol. The van der Waals surface area contributed by atoms with E-state index in [1.807, 2.05) is 35.2 Å². The van der Waals surface area contributed by atoms with Crippen molar-refractivity contribution >= 4 is 23.2 Å². The number of hydrogen-bond donors (Lipinski definition) is 1. The van der Waals surface area contributed by atoms with Crippen LogP contribution in [0, 0.1) is 0 Å². The summed E-state index contributed by atoms with van der Waals surface area (Å²) in [4.78, 5) is 33.1. The Morgan fingerprint density at radius 3 is 2.21 bits per heavy atom. The Labute approximate surface area is 222 Å². The van der Waals surface area contributed by atoms with E-state index in [4.69, 9.17) is 4.42 Å². The number of alkyl halides is 3. The summed E-state index contributed by atoms with van der Waals surface area (Å²) in [6, 6.07) is 21.3. The number of nitrogens with zero attached hydrogens (tertiary/aromatic N) is 3. The quantitative estimate of drug-likeness (QED) is 0.343. The summed E-state index contributed by atoms with van der Waals surface area (Å²) in [5, 5.41) is 2.71. The molecule has 2 heterocycles. The van der Waals surface area contributed by atoms with E-state index in [1.54, 1.807) is 35.2 Å². The van der Waals surface area contributed by atoms with Crippen molar-refractivity contribution < 1.29 is 27.2 Å². The highest BCUT2D eigenvalue weighted by molar-refractivity contribution is 5.98. The zero-order chi connectivity index (χ0) is 27.6. The molecule has 1 aliphatic rings. The van der Waals surface area contributed by atoms with Crippen molar-refractivity contribution in [2.45, 2.75) is 13.1 Å². The molecule has 4 aromatic rings. The second-order valence-electron chi connectivity index (χ2n) is 9.15. The summed E-state index contributed by atoms with van der Waals surface area (Å²) in [5.41, 5.74) is 1.83. The number of aromatic nitrogens is 1. The maximum atomic E-state index is 13.7. The van der Waals surface area contributed by atoms with Gasteiger partial charge in [-0.3, -0.25) is 9.59 Å². The van der Waals surface area contributed by atoms with E-state index < -0.39 is 11.7 Å². The zero-order valence-corrected chi connectivity index (χ0v) is 21.0. The van der Waals surface area contributed by atoms with Crippen LogP contribution < -0.4 is 10.2 Å². The smallest absolute Gasteiger partial charge is 0.416 e. The first-order valence-electron chi connectivity index (χ1n) is 12.3. The Bertz CT molecular complexity index is 1480. The minimum Gasteiger partial charge on any atom is -0.435 e. The third-order valence-electron chi connectivity index (χ3n) is 6.42.